The minimum Gasteiger partial charge on any atom is -0.494 e. The summed E-state index contributed by atoms with van der Waals surface area (Å²) in [6.45, 7) is 15.7. The first-order valence-electron chi connectivity index (χ1n) is 23.7. The first-order chi connectivity index (χ1) is 33.6. The van der Waals surface area contributed by atoms with E-state index in [9.17, 15) is 32.8 Å². The molecule has 71 heavy (non-hydrogen) atoms. The molecular formula is C54H60F3N7O5S2. The van der Waals surface area contributed by atoms with E-state index in [0.29, 0.717) is 44.0 Å². The van der Waals surface area contributed by atoms with Gasteiger partial charge in [0.05, 0.1) is 57.7 Å². The van der Waals surface area contributed by atoms with Gasteiger partial charge in [-0.05, 0) is 142 Å². The first-order valence-corrected chi connectivity index (χ1v) is 25.0. The molecule has 0 saturated carbocycles. The highest BCUT2D eigenvalue weighted by Gasteiger charge is 2.51. The topological polar surface area (TPSA) is 140 Å². The van der Waals surface area contributed by atoms with Crippen LogP contribution in [0.5, 0.6) is 5.75 Å². The second kappa shape index (κ2) is 22.1. The van der Waals surface area contributed by atoms with E-state index in [0.717, 1.165) is 69.2 Å². The first kappa shape index (κ1) is 52.6. The maximum Gasteiger partial charge on any atom is 0.417 e. The van der Waals surface area contributed by atoms with Crippen LogP contribution in [0.1, 0.15) is 89.6 Å². The molecule has 0 bridgehead atoms. The maximum atomic E-state index is 13.8. The van der Waals surface area contributed by atoms with Crippen LogP contribution in [0.25, 0.3) is 21.6 Å². The van der Waals surface area contributed by atoms with Crippen LogP contribution in [0.2, 0.25) is 0 Å². The molecule has 0 spiro atoms. The molecule has 2 aliphatic heterocycles. The Morgan fingerprint density at radius 2 is 1.62 bits per heavy atom. The highest BCUT2D eigenvalue weighted by molar-refractivity contribution is 7.81. The number of carbonyl (C=O) groups is 3. The van der Waals surface area contributed by atoms with Crippen LogP contribution in [-0.2, 0) is 31.8 Å². The number of amides is 3. The van der Waals surface area contributed by atoms with Crippen molar-refractivity contribution in [3.05, 3.63) is 119 Å². The summed E-state index contributed by atoms with van der Waals surface area (Å²) in [6.07, 6.45) is -1.91. The Labute approximate surface area is 423 Å². The molecule has 7 rings (SSSR count). The number of carbonyl (C=O) groups excluding carboxylic acids is 3. The molecule has 12 nitrogen and oxygen atoms in total. The quantitative estimate of drug-likeness (QED) is 0.0644. The van der Waals surface area contributed by atoms with Gasteiger partial charge in [-0.3, -0.25) is 24.2 Å². The van der Waals surface area contributed by atoms with Crippen molar-refractivity contribution in [3.63, 3.8) is 0 Å². The van der Waals surface area contributed by atoms with Crippen LogP contribution < -0.4 is 25.2 Å². The molecule has 2 N–H and O–H groups in total. The van der Waals surface area contributed by atoms with E-state index in [4.69, 9.17) is 21.7 Å². The van der Waals surface area contributed by atoms with Crippen molar-refractivity contribution in [2.75, 3.05) is 36.1 Å². The van der Waals surface area contributed by atoms with Gasteiger partial charge in [-0.25, -0.2) is 4.98 Å². The number of hydrogen-bond acceptors (Lipinski definition) is 10. The zero-order chi connectivity index (χ0) is 51.3. The molecule has 0 aliphatic carbocycles. The third kappa shape index (κ3) is 12.5. The minimum atomic E-state index is -4.79. The van der Waals surface area contributed by atoms with E-state index in [2.05, 4.69) is 53.4 Å². The predicted octanol–water partition coefficient (Wildman–Crippen LogP) is 10.5. The molecule has 5 aromatic rings. The summed E-state index contributed by atoms with van der Waals surface area (Å²) in [5.74, 6) is -0.0110. The number of alkyl halides is 3. The molecule has 3 atom stereocenters. The zero-order valence-corrected chi connectivity index (χ0v) is 42.7. The summed E-state index contributed by atoms with van der Waals surface area (Å²) in [5, 5.41) is 15.6. The van der Waals surface area contributed by atoms with E-state index in [-0.39, 0.29) is 52.8 Å². The Morgan fingerprint density at radius 1 is 0.972 bits per heavy atom. The number of thiazole rings is 1. The summed E-state index contributed by atoms with van der Waals surface area (Å²) in [6, 6.07) is 27.4. The molecule has 0 radical (unpaired) electrons. The lowest BCUT2D eigenvalue weighted by molar-refractivity contribution is -0.138. The van der Waals surface area contributed by atoms with Crippen LogP contribution in [0.3, 0.4) is 0 Å². The van der Waals surface area contributed by atoms with Crippen LogP contribution in [-0.4, -0.2) is 82.7 Å². The lowest BCUT2D eigenvalue weighted by Gasteiger charge is -2.36. The Bertz CT molecular complexity index is 2750. The van der Waals surface area contributed by atoms with Crippen molar-refractivity contribution in [3.8, 4) is 33.4 Å². The largest absolute Gasteiger partial charge is 0.494 e. The van der Waals surface area contributed by atoms with Gasteiger partial charge in [0.25, 0.3) is 5.91 Å². The summed E-state index contributed by atoms with van der Waals surface area (Å²) in [5.41, 5.74) is 4.16. The average Bonchev–Trinajstić information content (AvgIpc) is 4.04. The fraction of sp³-hybridized carbons (Fsp3) is 0.407. The SMILES string of the molecule is Cc1ncsc1-c1ccc(CNC(=O)[C@@H]2CCCN2CC(NC(=O)CO[C@@H](C)CCCOc2ccc(-c3ccc(N4C(=S)N(c5ccc(C#N)c(C(F)(F)F)c5)C(=O)C4(C)C)cc3)cc2)C(C)(C)C)cc1. The molecule has 2 saturated heterocycles. The summed E-state index contributed by atoms with van der Waals surface area (Å²) < 4.78 is 53.3. The van der Waals surface area contributed by atoms with Crippen LogP contribution in [0.4, 0.5) is 24.5 Å². The van der Waals surface area contributed by atoms with Crippen LogP contribution in [0.15, 0.2) is 96.5 Å². The van der Waals surface area contributed by atoms with Crippen molar-refractivity contribution in [1.82, 2.24) is 20.5 Å². The van der Waals surface area contributed by atoms with Crippen molar-refractivity contribution in [1.29, 1.82) is 5.26 Å². The molecule has 2 aliphatic rings. The number of thiocarbonyl (C=S) groups is 1. The molecule has 1 unspecified atom stereocenters. The normalized spacial score (nSPS) is 17.0. The third-order valence-corrected chi connectivity index (χ3v) is 14.4. The van der Waals surface area contributed by atoms with E-state index >= 15 is 0 Å². The molecular weight excluding hydrogens is 948 g/mol. The lowest BCUT2D eigenvalue weighted by Crippen LogP contribution is -2.54. The van der Waals surface area contributed by atoms with Crippen molar-refractivity contribution < 1.29 is 37.0 Å². The lowest BCUT2D eigenvalue weighted by atomic mass is 9.86. The predicted molar refractivity (Wildman–Crippen MR) is 275 cm³/mol. The maximum absolute atomic E-state index is 13.8. The number of anilines is 2. The number of aromatic nitrogens is 1. The highest BCUT2D eigenvalue weighted by Crippen LogP contribution is 2.40. The molecule has 4 aromatic carbocycles. The number of ether oxygens (including phenoxy) is 2. The number of nitrogens with zero attached hydrogens (tertiary/aromatic N) is 5. The summed E-state index contributed by atoms with van der Waals surface area (Å²) in [7, 11) is 0. The fourth-order valence-corrected chi connectivity index (χ4v) is 10.2. The molecule has 3 amide bonds. The number of rotatable bonds is 18. The van der Waals surface area contributed by atoms with E-state index in [1.807, 2.05) is 67.9 Å². The summed E-state index contributed by atoms with van der Waals surface area (Å²) in [4.78, 5) is 50.7. The van der Waals surface area contributed by atoms with Gasteiger partial charge in [0.1, 0.15) is 17.9 Å². The number of hydrogen-bond donors (Lipinski definition) is 2. The van der Waals surface area contributed by atoms with Gasteiger partial charge in [-0.1, -0.05) is 69.3 Å². The second-order valence-electron chi connectivity index (χ2n) is 19.7. The third-order valence-electron chi connectivity index (χ3n) is 13.1. The minimum absolute atomic E-state index is 0.00300. The van der Waals surface area contributed by atoms with Gasteiger partial charge in [0, 0.05) is 24.8 Å². The monoisotopic (exact) mass is 1010 g/mol. The van der Waals surface area contributed by atoms with Gasteiger partial charge in [-0.15, -0.1) is 11.3 Å². The number of likely N-dealkylation sites (tertiary alicyclic amines) is 1. The van der Waals surface area contributed by atoms with E-state index < -0.39 is 28.7 Å². The number of nitrogens with one attached hydrogen (secondary N) is 2. The molecule has 2 fully saturated rings. The fourth-order valence-electron chi connectivity index (χ4n) is 8.88. The standard InChI is InChI=1S/C54H60F3N7O5S2/c1-34(69-32-47(65)61-46(52(3,4)5)31-62-26-8-11-45(62)49(66)59-30-36-12-14-39(15-13-36)48-35(2)60-33-71-48)10-9-27-68-43-24-19-38(20-25-43)37-16-21-41(22-17-37)64-51(70)63(50(67)53(64,6)7)42-23-18-40(29-58)44(28-42)54(55,56)57/h12-25,28,33-34,45-46H,8-11,26-27,30-32H2,1-7H3,(H,59,66)(H,61,65)/t34-,45-,46?/m0/s1. The Balaban J connectivity index is 0.835. The highest BCUT2D eigenvalue weighted by atomic mass is 32.1. The Kier molecular flexibility index (Phi) is 16.4. The van der Waals surface area contributed by atoms with Crippen LogP contribution >= 0.6 is 23.6 Å². The Morgan fingerprint density at radius 3 is 2.24 bits per heavy atom. The zero-order valence-electron chi connectivity index (χ0n) is 41.1. The Hall–Kier alpha value is -6.19. The number of halogens is 3. The average molecular weight is 1010 g/mol. The summed E-state index contributed by atoms with van der Waals surface area (Å²) >= 11 is 7.30. The van der Waals surface area contributed by atoms with Gasteiger partial charge >= 0.3 is 6.18 Å². The molecule has 1 aromatic heterocycles. The van der Waals surface area contributed by atoms with Crippen molar-refractivity contribution in [2.45, 2.75) is 111 Å². The molecule has 17 heteroatoms. The smallest absolute Gasteiger partial charge is 0.417 e. The van der Waals surface area contributed by atoms with E-state index in [1.165, 1.54) is 6.07 Å². The number of benzene rings is 4. The van der Waals surface area contributed by atoms with Gasteiger partial charge in [0.15, 0.2) is 5.11 Å². The van der Waals surface area contributed by atoms with Gasteiger partial charge in [-0.2, -0.15) is 18.4 Å². The van der Waals surface area contributed by atoms with Crippen LogP contribution in [0, 0.1) is 23.7 Å². The molecule has 3 heterocycles. The molecule has 374 valence electrons. The number of nitriles is 1. The van der Waals surface area contributed by atoms with Crippen molar-refractivity contribution >= 4 is 57.8 Å². The van der Waals surface area contributed by atoms with Gasteiger partial charge in [0.2, 0.25) is 11.8 Å². The number of aryl methyl sites for hydroxylation is 1. The second-order valence-corrected chi connectivity index (χ2v) is 20.9. The van der Waals surface area contributed by atoms with E-state index in [1.54, 1.807) is 48.3 Å². The van der Waals surface area contributed by atoms with Crippen molar-refractivity contribution in [2.24, 2.45) is 5.41 Å². The van der Waals surface area contributed by atoms with Gasteiger partial charge < -0.3 is 25.0 Å².